The molecule has 3 heterocycles. The van der Waals surface area contributed by atoms with Gasteiger partial charge in [-0.3, -0.25) is 9.59 Å². The molecule has 152 valence electrons. The number of aryl methyl sites for hydroxylation is 1. The van der Waals surface area contributed by atoms with Crippen LogP contribution in [0.25, 0.3) is 0 Å². The topological polar surface area (TPSA) is 80.8 Å². The summed E-state index contributed by atoms with van der Waals surface area (Å²) in [5.41, 5.74) is 0.907. The van der Waals surface area contributed by atoms with Crippen molar-refractivity contribution in [1.82, 2.24) is 9.88 Å². The Labute approximate surface area is 170 Å². The third kappa shape index (κ3) is 4.04. The summed E-state index contributed by atoms with van der Waals surface area (Å²) in [5.74, 6) is 1.25. The van der Waals surface area contributed by atoms with Crippen molar-refractivity contribution >= 4 is 17.6 Å². The zero-order valence-electron chi connectivity index (χ0n) is 16.6. The SMILES string of the molecule is Cc1cccnc1NC(=O)C1CCCN(C(=O)C2Oc3ccccc3OC2C)C1. The van der Waals surface area contributed by atoms with Gasteiger partial charge in [0.1, 0.15) is 11.9 Å². The van der Waals surface area contributed by atoms with Crippen molar-refractivity contribution in [3.63, 3.8) is 0 Å². The van der Waals surface area contributed by atoms with E-state index in [-0.39, 0.29) is 17.7 Å². The van der Waals surface area contributed by atoms with Gasteiger partial charge in [-0.1, -0.05) is 18.2 Å². The molecule has 0 radical (unpaired) electrons. The number of rotatable bonds is 3. The maximum atomic E-state index is 13.1. The average molecular weight is 395 g/mol. The van der Waals surface area contributed by atoms with Crippen LogP contribution in [0.3, 0.4) is 0 Å². The monoisotopic (exact) mass is 395 g/mol. The molecule has 1 saturated heterocycles. The number of pyridine rings is 1. The zero-order valence-corrected chi connectivity index (χ0v) is 16.6. The molecule has 7 heteroatoms. The van der Waals surface area contributed by atoms with Crippen molar-refractivity contribution in [2.24, 2.45) is 5.92 Å². The molecule has 0 bridgehead atoms. The fourth-order valence-electron chi connectivity index (χ4n) is 3.80. The summed E-state index contributed by atoms with van der Waals surface area (Å²) in [6, 6.07) is 11.1. The lowest BCUT2D eigenvalue weighted by Crippen LogP contribution is -2.54. The molecule has 1 N–H and O–H groups in total. The number of piperidine rings is 1. The summed E-state index contributed by atoms with van der Waals surface area (Å²) in [6.07, 6.45) is 2.04. The normalized spacial score (nSPS) is 23.4. The minimum Gasteiger partial charge on any atom is -0.482 e. The molecule has 2 amide bonds. The molecule has 1 aromatic heterocycles. The van der Waals surface area contributed by atoms with Crippen molar-refractivity contribution in [2.75, 3.05) is 18.4 Å². The van der Waals surface area contributed by atoms with Gasteiger partial charge in [0.25, 0.3) is 5.91 Å². The fourth-order valence-corrected chi connectivity index (χ4v) is 3.80. The quantitative estimate of drug-likeness (QED) is 0.864. The van der Waals surface area contributed by atoms with Gasteiger partial charge in [0.15, 0.2) is 11.5 Å². The lowest BCUT2D eigenvalue weighted by atomic mass is 9.96. The molecular weight excluding hydrogens is 370 g/mol. The highest BCUT2D eigenvalue weighted by Crippen LogP contribution is 2.34. The van der Waals surface area contributed by atoms with E-state index in [1.165, 1.54) is 0 Å². The number of likely N-dealkylation sites (tertiary alicyclic amines) is 1. The molecule has 2 aromatic rings. The number of para-hydroxylation sites is 2. The van der Waals surface area contributed by atoms with Crippen LogP contribution in [-0.2, 0) is 9.59 Å². The van der Waals surface area contributed by atoms with E-state index >= 15 is 0 Å². The average Bonchev–Trinajstić information content (AvgIpc) is 2.74. The highest BCUT2D eigenvalue weighted by atomic mass is 16.6. The Bertz CT molecular complexity index is 916. The second-order valence-corrected chi connectivity index (χ2v) is 7.59. The number of fused-ring (bicyclic) bond motifs is 1. The first-order valence-electron chi connectivity index (χ1n) is 9.96. The highest BCUT2D eigenvalue weighted by molar-refractivity contribution is 5.93. The first-order chi connectivity index (χ1) is 14.0. The number of ether oxygens (including phenoxy) is 2. The van der Waals surface area contributed by atoms with Crippen LogP contribution >= 0.6 is 0 Å². The van der Waals surface area contributed by atoms with Crippen molar-refractivity contribution in [2.45, 2.75) is 38.9 Å². The Hall–Kier alpha value is -3.09. The molecule has 1 aromatic carbocycles. The predicted octanol–water partition coefficient (Wildman–Crippen LogP) is 2.80. The van der Waals surface area contributed by atoms with Crippen molar-refractivity contribution in [3.8, 4) is 11.5 Å². The number of benzene rings is 1. The van der Waals surface area contributed by atoms with Gasteiger partial charge in [-0.15, -0.1) is 0 Å². The van der Waals surface area contributed by atoms with E-state index in [1.807, 2.05) is 44.2 Å². The van der Waals surface area contributed by atoms with Crippen LogP contribution in [0.1, 0.15) is 25.3 Å². The predicted molar refractivity (Wildman–Crippen MR) is 108 cm³/mol. The van der Waals surface area contributed by atoms with Gasteiger partial charge < -0.3 is 19.7 Å². The van der Waals surface area contributed by atoms with E-state index in [0.29, 0.717) is 30.4 Å². The van der Waals surface area contributed by atoms with Crippen LogP contribution in [0.5, 0.6) is 11.5 Å². The maximum absolute atomic E-state index is 13.1. The molecule has 2 aliphatic heterocycles. The minimum atomic E-state index is -0.718. The molecule has 3 atom stereocenters. The van der Waals surface area contributed by atoms with Crippen LogP contribution in [-0.4, -0.2) is 47.0 Å². The van der Waals surface area contributed by atoms with Crippen molar-refractivity contribution in [3.05, 3.63) is 48.2 Å². The third-order valence-electron chi connectivity index (χ3n) is 5.44. The number of hydrogen-bond acceptors (Lipinski definition) is 5. The summed E-state index contributed by atoms with van der Waals surface area (Å²) in [6.45, 7) is 4.71. The minimum absolute atomic E-state index is 0.108. The smallest absolute Gasteiger partial charge is 0.267 e. The summed E-state index contributed by atoms with van der Waals surface area (Å²) < 4.78 is 11.8. The van der Waals surface area contributed by atoms with Gasteiger partial charge in [0.2, 0.25) is 12.0 Å². The first kappa shape index (κ1) is 19.2. The number of hydrogen-bond donors (Lipinski definition) is 1. The van der Waals surface area contributed by atoms with Gasteiger partial charge in [0, 0.05) is 19.3 Å². The molecule has 2 aliphatic rings. The Kier molecular flexibility index (Phi) is 5.38. The zero-order chi connectivity index (χ0) is 20.4. The van der Waals surface area contributed by atoms with E-state index in [2.05, 4.69) is 10.3 Å². The number of carbonyl (C=O) groups excluding carboxylic acids is 2. The molecule has 4 rings (SSSR count). The highest BCUT2D eigenvalue weighted by Gasteiger charge is 2.39. The Morgan fingerprint density at radius 3 is 2.66 bits per heavy atom. The molecule has 3 unspecified atom stereocenters. The van der Waals surface area contributed by atoms with Gasteiger partial charge >= 0.3 is 0 Å². The van der Waals surface area contributed by atoms with Crippen LogP contribution in [0.15, 0.2) is 42.6 Å². The van der Waals surface area contributed by atoms with Gasteiger partial charge in [0.05, 0.1) is 5.92 Å². The summed E-state index contributed by atoms with van der Waals surface area (Å²) in [4.78, 5) is 31.8. The van der Waals surface area contributed by atoms with Crippen LogP contribution in [0.4, 0.5) is 5.82 Å². The van der Waals surface area contributed by atoms with E-state index in [4.69, 9.17) is 9.47 Å². The van der Waals surface area contributed by atoms with E-state index < -0.39 is 12.2 Å². The third-order valence-corrected chi connectivity index (χ3v) is 5.44. The van der Waals surface area contributed by atoms with Crippen molar-refractivity contribution in [1.29, 1.82) is 0 Å². The van der Waals surface area contributed by atoms with E-state index in [0.717, 1.165) is 18.4 Å². The second-order valence-electron chi connectivity index (χ2n) is 7.59. The van der Waals surface area contributed by atoms with Gasteiger partial charge in [-0.25, -0.2) is 4.98 Å². The molecule has 29 heavy (non-hydrogen) atoms. The summed E-state index contributed by atoms with van der Waals surface area (Å²) in [5, 5.41) is 2.90. The fraction of sp³-hybridized carbons (Fsp3) is 0.409. The van der Waals surface area contributed by atoms with Crippen LogP contribution < -0.4 is 14.8 Å². The number of nitrogens with one attached hydrogen (secondary N) is 1. The standard InChI is InChI=1S/C22H25N3O4/c1-14-7-5-11-23-20(14)24-21(26)16-8-6-12-25(13-16)22(27)19-15(2)28-17-9-3-4-10-18(17)29-19/h3-5,7,9-11,15-16,19H,6,8,12-13H2,1-2H3,(H,23,24,26). The maximum Gasteiger partial charge on any atom is 0.267 e. The largest absolute Gasteiger partial charge is 0.482 e. The second kappa shape index (κ2) is 8.11. The number of aromatic nitrogens is 1. The van der Waals surface area contributed by atoms with Crippen LogP contribution in [0, 0.1) is 12.8 Å². The number of amides is 2. The van der Waals surface area contributed by atoms with Gasteiger partial charge in [-0.2, -0.15) is 0 Å². The van der Waals surface area contributed by atoms with Crippen molar-refractivity contribution < 1.29 is 19.1 Å². The summed E-state index contributed by atoms with van der Waals surface area (Å²) in [7, 11) is 0. The lowest BCUT2D eigenvalue weighted by Gasteiger charge is -2.37. The Morgan fingerprint density at radius 1 is 1.14 bits per heavy atom. The van der Waals surface area contributed by atoms with E-state index in [1.54, 1.807) is 17.2 Å². The summed E-state index contributed by atoms with van der Waals surface area (Å²) >= 11 is 0. The molecule has 0 aliphatic carbocycles. The molecule has 7 nitrogen and oxygen atoms in total. The molecule has 0 spiro atoms. The lowest BCUT2D eigenvalue weighted by molar-refractivity contribution is -0.146. The van der Waals surface area contributed by atoms with Gasteiger partial charge in [-0.05, 0) is 50.5 Å². The molecule has 0 saturated carbocycles. The van der Waals surface area contributed by atoms with E-state index in [9.17, 15) is 9.59 Å². The Balaban J connectivity index is 1.42. The number of nitrogens with zero attached hydrogens (tertiary/aromatic N) is 2. The number of carbonyl (C=O) groups is 2. The Morgan fingerprint density at radius 2 is 1.90 bits per heavy atom. The molecule has 1 fully saturated rings. The number of anilines is 1. The van der Waals surface area contributed by atoms with Crippen LogP contribution in [0.2, 0.25) is 0 Å². The molecular formula is C22H25N3O4. The first-order valence-corrected chi connectivity index (χ1v) is 9.96.